The molecule has 130 valence electrons. The highest BCUT2D eigenvalue weighted by Gasteiger charge is 2.16. The second-order valence-corrected chi connectivity index (χ2v) is 7.23. The predicted molar refractivity (Wildman–Crippen MR) is 105 cm³/mol. The van der Waals surface area contributed by atoms with Crippen LogP contribution in [0.5, 0.6) is 5.75 Å². The first-order valence-corrected chi connectivity index (χ1v) is 8.45. The summed E-state index contributed by atoms with van der Waals surface area (Å²) in [7, 11) is 1.69. The fourth-order valence-electron chi connectivity index (χ4n) is 2.74. The molecule has 0 aliphatic carbocycles. The summed E-state index contributed by atoms with van der Waals surface area (Å²) in [6.45, 7) is 8.53. The lowest BCUT2D eigenvalue weighted by atomic mass is 10.1. The van der Waals surface area contributed by atoms with Gasteiger partial charge in [0.25, 0.3) is 0 Å². The molecule has 0 amide bonds. The number of aromatic nitrogens is 2. The van der Waals surface area contributed by atoms with Gasteiger partial charge in [-0.15, -0.1) is 0 Å². The van der Waals surface area contributed by atoms with Crippen LogP contribution < -0.4 is 10.1 Å². The molecule has 1 aromatic carbocycles. The van der Waals surface area contributed by atoms with E-state index in [1.165, 1.54) is 5.56 Å². The van der Waals surface area contributed by atoms with Crippen molar-refractivity contribution in [1.29, 1.82) is 0 Å². The molecule has 4 nitrogen and oxygen atoms in total. The van der Waals surface area contributed by atoms with E-state index in [2.05, 4.69) is 49.7 Å². The minimum Gasteiger partial charge on any atom is -0.496 e. The third kappa shape index (κ3) is 3.85. The average molecular weight is 335 g/mol. The summed E-state index contributed by atoms with van der Waals surface area (Å²) in [5, 5.41) is 3.58. The van der Waals surface area contributed by atoms with Crippen LogP contribution in [0.3, 0.4) is 0 Å². The van der Waals surface area contributed by atoms with Crippen molar-refractivity contribution < 1.29 is 4.74 Å². The van der Waals surface area contributed by atoms with E-state index in [-0.39, 0.29) is 5.54 Å². The fourth-order valence-corrected chi connectivity index (χ4v) is 2.74. The Hall–Kier alpha value is -2.75. The van der Waals surface area contributed by atoms with Crippen molar-refractivity contribution in [2.24, 2.45) is 0 Å². The zero-order valence-corrected chi connectivity index (χ0v) is 15.5. The molecular formula is C21H25N3O. The number of aryl methyl sites for hydroxylation is 1. The lowest BCUT2D eigenvalue weighted by Crippen LogP contribution is -2.27. The quantitative estimate of drug-likeness (QED) is 0.726. The van der Waals surface area contributed by atoms with E-state index in [1.54, 1.807) is 7.11 Å². The first kappa shape index (κ1) is 17.1. The molecule has 0 unspecified atom stereocenters. The van der Waals surface area contributed by atoms with Crippen LogP contribution in [0.1, 0.15) is 37.6 Å². The Morgan fingerprint density at radius 2 is 1.84 bits per heavy atom. The van der Waals surface area contributed by atoms with E-state index < -0.39 is 0 Å². The maximum atomic E-state index is 5.43. The monoisotopic (exact) mass is 335 g/mol. The molecule has 0 bridgehead atoms. The standard InChI is InChI=1S/C21H25N3O/c1-15-10-13-19-22-17(20(24(19)14-15)23-21(2,3)4)12-11-16-8-6-7-9-18(16)25-5/h6-14,23H,1-5H3/b12-11+. The molecule has 3 rings (SSSR count). The number of ether oxygens (including phenoxy) is 1. The molecule has 0 spiro atoms. The van der Waals surface area contributed by atoms with Crippen LogP contribution in [0.25, 0.3) is 17.8 Å². The predicted octanol–water partition coefficient (Wildman–Crippen LogP) is 5.03. The van der Waals surface area contributed by atoms with Crippen LogP contribution in [0.4, 0.5) is 5.82 Å². The highest BCUT2D eigenvalue weighted by atomic mass is 16.5. The number of hydrogen-bond donors (Lipinski definition) is 1. The summed E-state index contributed by atoms with van der Waals surface area (Å²) < 4.78 is 7.54. The third-order valence-electron chi connectivity index (χ3n) is 3.85. The van der Waals surface area contributed by atoms with Crippen molar-refractivity contribution in [1.82, 2.24) is 9.38 Å². The topological polar surface area (TPSA) is 38.6 Å². The van der Waals surface area contributed by atoms with Crippen LogP contribution in [0.2, 0.25) is 0 Å². The molecule has 25 heavy (non-hydrogen) atoms. The van der Waals surface area contributed by atoms with E-state index in [0.717, 1.165) is 28.5 Å². The number of benzene rings is 1. The second kappa shape index (κ2) is 6.63. The highest BCUT2D eigenvalue weighted by molar-refractivity contribution is 5.77. The minimum absolute atomic E-state index is 0.0628. The van der Waals surface area contributed by atoms with Gasteiger partial charge in [0, 0.05) is 17.3 Å². The van der Waals surface area contributed by atoms with Crippen molar-refractivity contribution in [2.75, 3.05) is 12.4 Å². The van der Waals surface area contributed by atoms with E-state index in [1.807, 2.05) is 42.5 Å². The number of pyridine rings is 1. The van der Waals surface area contributed by atoms with Crippen molar-refractivity contribution in [3.05, 3.63) is 59.4 Å². The molecule has 3 aromatic rings. The number of rotatable bonds is 4. The molecule has 0 saturated carbocycles. The van der Waals surface area contributed by atoms with Crippen molar-refractivity contribution >= 4 is 23.6 Å². The number of nitrogens with zero attached hydrogens (tertiary/aromatic N) is 2. The Morgan fingerprint density at radius 1 is 1.08 bits per heavy atom. The fraction of sp³-hybridized carbons (Fsp3) is 0.286. The number of nitrogens with one attached hydrogen (secondary N) is 1. The highest BCUT2D eigenvalue weighted by Crippen LogP contribution is 2.26. The number of imidazole rings is 1. The van der Waals surface area contributed by atoms with Crippen molar-refractivity contribution in [3.8, 4) is 5.75 Å². The molecule has 0 aliphatic heterocycles. The Morgan fingerprint density at radius 3 is 2.56 bits per heavy atom. The Bertz CT molecular complexity index is 917. The van der Waals surface area contributed by atoms with Gasteiger partial charge in [-0.3, -0.25) is 4.40 Å². The normalized spacial score (nSPS) is 12.0. The van der Waals surface area contributed by atoms with Gasteiger partial charge in [0.05, 0.1) is 7.11 Å². The van der Waals surface area contributed by atoms with Gasteiger partial charge in [-0.05, 0) is 57.5 Å². The summed E-state index contributed by atoms with van der Waals surface area (Å²) in [4.78, 5) is 4.78. The number of hydrogen-bond acceptors (Lipinski definition) is 3. The molecule has 0 fully saturated rings. The van der Waals surface area contributed by atoms with Gasteiger partial charge in [0.15, 0.2) is 0 Å². The van der Waals surface area contributed by atoms with Gasteiger partial charge in [0.2, 0.25) is 0 Å². The van der Waals surface area contributed by atoms with Crippen LogP contribution in [-0.2, 0) is 0 Å². The van der Waals surface area contributed by atoms with E-state index >= 15 is 0 Å². The first-order chi connectivity index (χ1) is 11.9. The lowest BCUT2D eigenvalue weighted by Gasteiger charge is -2.22. The summed E-state index contributed by atoms with van der Waals surface area (Å²) >= 11 is 0. The van der Waals surface area contributed by atoms with E-state index in [4.69, 9.17) is 9.72 Å². The molecule has 2 aromatic heterocycles. The third-order valence-corrected chi connectivity index (χ3v) is 3.85. The molecule has 1 N–H and O–H groups in total. The zero-order valence-electron chi connectivity index (χ0n) is 15.5. The molecule has 0 aliphatic rings. The minimum atomic E-state index is -0.0628. The summed E-state index contributed by atoms with van der Waals surface area (Å²) in [5.41, 5.74) is 4.00. The summed E-state index contributed by atoms with van der Waals surface area (Å²) in [6, 6.07) is 12.1. The Labute approximate surface area is 149 Å². The van der Waals surface area contributed by atoms with Gasteiger partial charge in [0.1, 0.15) is 22.9 Å². The maximum Gasteiger partial charge on any atom is 0.139 e. The molecule has 0 atom stereocenters. The van der Waals surface area contributed by atoms with Crippen molar-refractivity contribution in [3.63, 3.8) is 0 Å². The average Bonchev–Trinajstić information content (AvgIpc) is 2.88. The van der Waals surface area contributed by atoms with Gasteiger partial charge >= 0.3 is 0 Å². The van der Waals surface area contributed by atoms with Crippen LogP contribution in [-0.4, -0.2) is 22.0 Å². The second-order valence-electron chi connectivity index (χ2n) is 7.23. The maximum absolute atomic E-state index is 5.43. The molecular weight excluding hydrogens is 310 g/mol. The van der Waals surface area contributed by atoms with Gasteiger partial charge in [-0.1, -0.05) is 24.3 Å². The van der Waals surface area contributed by atoms with Crippen LogP contribution in [0, 0.1) is 6.92 Å². The summed E-state index contributed by atoms with van der Waals surface area (Å²) in [6.07, 6.45) is 6.19. The molecule has 4 heteroatoms. The van der Waals surface area contributed by atoms with Gasteiger partial charge in [-0.25, -0.2) is 4.98 Å². The molecule has 0 radical (unpaired) electrons. The SMILES string of the molecule is COc1ccccc1/C=C/c1nc2ccc(C)cn2c1NC(C)(C)C. The zero-order chi connectivity index (χ0) is 18.0. The summed E-state index contributed by atoms with van der Waals surface area (Å²) in [5.74, 6) is 1.85. The smallest absolute Gasteiger partial charge is 0.139 e. The number of fused-ring (bicyclic) bond motifs is 1. The number of methoxy groups -OCH3 is 1. The lowest BCUT2D eigenvalue weighted by molar-refractivity contribution is 0.414. The molecule has 2 heterocycles. The number of para-hydroxylation sites is 1. The van der Waals surface area contributed by atoms with Gasteiger partial charge < -0.3 is 10.1 Å². The Kier molecular flexibility index (Phi) is 4.53. The first-order valence-electron chi connectivity index (χ1n) is 8.45. The van der Waals surface area contributed by atoms with E-state index in [9.17, 15) is 0 Å². The largest absolute Gasteiger partial charge is 0.496 e. The number of anilines is 1. The van der Waals surface area contributed by atoms with Crippen LogP contribution >= 0.6 is 0 Å². The van der Waals surface area contributed by atoms with Crippen molar-refractivity contribution in [2.45, 2.75) is 33.2 Å². The van der Waals surface area contributed by atoms with E-state index in [0.29, 0.717) is 0 Å². The Balaban J connectivity index is 2.08. The van der Waals surface area contributed by atoms with Gasteiger partial charge in [-0.2, -0.15) is 0 Å². The molecule has 0 saturated heterocycles. The van der Waals surface area contributed by atoms with Crippen LogP contribution in [0.15, 0.2) is 42.6 Å².